The number of Topliss-reactive ketones (excluding diaryl/α,β-unsaturated/α-hetero) is 1. The van der Waals surface area contributed by atoms with Crippen LogP contribution in [-0.4, -0.2) is 32.6 Å². The van der Waals surface area contributed by atoms with Crippen molar-refractivity contribution in [1.82, 2.24) is 5.32 Å². The van der Waals surface area contributed by atoms with Gasteiger partial charge in [0.2, 0.25) is 0 Å². The van der Waals surface area contributed by atoms with Crippen LogP contribution in [0.5, 0.6) is 11.5 Å². The molecule has 2 atom stereocenters. The van der Waals surface area contributed by atoms with Gasteiger partial charge in [0.1, 0.15) is 0 Å². The van der Waals surface area contributed by atoms with Crippen molar-refractivity contribution in [2.75, 3.05) is 20.8 Å². The molecule has 6 nitrogen and oxygen atoms in total. The van der Waals surface area contributed by atoms with Crippen molar-refractivity contribution in [1.29, 1.82) is 0 Å². The Bertz CT molecular complexity index is 1180. The zero-order valence-corrected chi connectivity index (χ0v) is 21.0. The fraction of sp³-hybridized carbons (Fsp3) is 0.379. The van der Waals surface area contributed by atoms with Crippen molar-refractivity contribution < 1.29 is 23.8 Å². The molecule has 1 heterocycles. The van der Waals surface area contributed by atoms with E-state index < -0.39 is 11.9 Å². The number of carbonyl (C=O) groups excluding carboxylic acids is 2. The molecule has 0 amide bonds. The van der Waals surface area contributed by atoms with Crippen molar-refractivity contribution in [2.45, 2.75) is 45.4 Å². The summed E-state index contributed by atoms with van der Waals surface area (Å²) in [5.41, 5.74) is 4.60. The van der Waals surface area contributed by atoms with Gasteiger partial charge in [-0.1, -0.05) is 50.2 Å². The van der Waals surface area contributed by atoms with E-state index in [-0.39, 0.29) is 17.6 Å². The SMILES string of the molecule is COc1ccc(C2C(C(=O)OCC(C)C)=C(C)NC3=C2C(=O)CC(c2ccccc2)C3)cc1OC. The van der Waals surface area contributed by atoms with Crippen LogP contribution in [0.25, 0.3) is 0 Å². The highest BCUT2D eigenvalue weighted by molar-refractivity contribution is 6.04. The Balaban J connectivity index is 1.81. The average Bonchev–Trinajstić information content (AvgIpc) is 2.86. The molecule has 0 radical (unpaired) electrons. The third-order valence-electron chi connectivity index (χ3n) is 6.61. The van der Waals surface area contributed by atoms with E-state index >= 15 is 0 Å². The van der Waals surface area contributed by atoms with Gasteiger partial charge >= 0.3 is 5.97 Å². The molecule has 0 fully saturated rings. The van der Waals surface area contributed by atoms with Crippen molar-refractivity contribution in [3.05, 3.63) is 82.2 Å². The van der Waals surface area contributed by atoms with Gasteiger partial charge in [-0.15, -0.1) is 0 Å². The highest BCUT2D eigenvalue weighted by atomic mass is 16.5. The molecule has 6 heteroatoms. The Kier molecular flexibility index (Phi) is 7.29. The first-order chi connectivity index (χ1) is 16.8. The number of benzene rings is 2. The van der Waals surface area contributed by atoms with E-state index in [0.717, 1.165) is 16.8 Å². The maximum Gasteiger partial charge on any atom is 0.336 e. The molecule has 0 bridgehead atoms. The highest BCUT2D eigenvalue weighted by Crippen LogP contribution is 2.47. The van der Waals surface area contributed by atoms with Gasteiger partial charge in [0.25, 0.3) is 0 Å². The van der Waals surface area contributed by atoms with Crippen LogP contribution in [0.2, 0.25) is 0 Å². The molecule has 0 saturated heterocycles. The summed E-state index contributed by atoms with van der Waals surface area (Å²) < 4.78 is 16.6. The second-order valence-corrected chi connectivity index (χ2v) is 9.53. The van der Waals surface area contributed by atoms with Gasteiger partial charge in [-0.3, -0.25) is 4.79 Å². The van der Waals surface area contributed by atoms with E-state index in [1.807, 2.05) is 57.2 Å². The molecule has 0 saturated carbocycles. The summed E-state index contributed by atoms with van der Waals surface area (Å²) in [7, 11) is 3.15. The lowest BCUT2D eigenvalue weighted by atomic mass is 9.71. The van der Waals surface area contributed by atoms with E-state index in [9.17, 15) is 9.59 Å². The van der Waals surface area contributed by atoms with E-state index in [1.165, 1.54) is 0 Å². The van der Waals surface area contributed by atoms with Crippen LogP contribution < -0.4 is 14.8 Å². The molecule has 2 unspecified atom stereocenters. The lowest BCUT2D eigenvalue weighted by Crippen LogP contribution is -2.36. The van der Waals surface area contributed by atoms with E-state index in [1.54, 1.807) is 14.2 Å². The quantitative estimate of drug-likeness (QED) is 0.551. The van der Waals surface area contributed by atoms with Gasteiger partial charge in [-0.25, -0.2) is 4.79 Å². The third kappa shape index (κ3) is 4.97. The molecule has 184 valence electrons. The van der Waals surface area contributed by atoms with Gasteiger partial charge in [0.05, 0.1) is 26.4 Å². The minimum absolute atomic E-state index is 0.0362. The molecule has 1 aliphatic heterocycles. The minimum Gasteiger partial charge on any atom is -0.493 e. The second kappa shape index (κ2) is 10.4. The second-order valence-electron chi connectivity index (χ2n) is 9.53. The number of carbonyl (C=O) groups is 2. The average molecular weight is 476 g/mol. The summed E-state index contributed by atoms with van der Waals surface area (Å²) in [6, 6.07) is 15.7. The molecule has 2 aromatic rings. The van der Waals surface area contributed by atoms with E-state index in [0.29, 0.717) is 47.8 Å². The number of ether oxygens (including phenoxy) is 3. The zero-order valence-electron chi connectivity index (χ0n) is 21.0. The predicted octanol–water partition coefficient (Wildman–Crippen LogP) is 5.26. The minimum atomic E-state index is -0.546. The zero-order chi connectivity index (χ0) is 25.1. The summed E-state index contributed by atoms with van der Waals surface area (Å²) in [5, 5.41) is 3.40. The van der Waals surface area contributed by atoms with Crippen LogP contribution in [0.1, 0.15) is 56.6 Å². The maximum absolute atomic E-state index is 13.7. The van der Waals surface area contributed by atoms with Gasteiger partial charge < -0.3 is 19.5 Å². The Morgan fingerprint density at radius 1 is 1.00 bits per heavy atom. The van der Waals surface area contributed by atoms with Crippen LogP contribution in [0.15, 0.2) is 71.1 Å². The highest BCUT2D eigenvalue weighted by Gasteiger charge is 2.41. The number of methoxy groups -OCH3 is 2. The number of nitrogens with one attached hydrogen (secondary N) is 1. The number of hydrogen-bond donors (Lipinski definition) is 1. The first kappa shape index (κ1) is 24.6. The first-order valence-corrected chi connectivity index (χ1v) is 12.0. The van der Waals surface area contributed by atoms with E-state index in [4.69, 9.17) is 14.2 Å². The van der Waals surface area contributed by atoms with Crippen LogP contribution >= 0.6 is 0 Å². The van der Waals surface area contributed by atoms with Crippen molar-refractivity contribution in [3.63, 3.8) is 0 Å². The smallest absolute Gasteiger partial charge is 0.336 e. The molecular weight excluding hydrogens is 442 g/mol. The van der Waals surface area contributed by atoms with Gasteiger partial charge in [0.15, 0.2) is 17.3 Å². The Hall–Kier alpha value is -3.54. The standard InChI is InChI=1S/C29H33NO5/c1-17(2)16-35-29(32)26-18(3)30-22-13-21(19-9-7-6-8-10-19)14-23(31)28(22)27(26)20-11-12-24(33-4)25(15-20)34-5/h6-12,15,17,21,27,30H,13-14,16H2,1-5H3. The number of hydrogen-bond acceptors (Lipinski definition) is 6. The van der Waals surface area contributed by atoms with Crippen LogP contribution in [0, 0.1) is 5.92 Å². The fourth-order valence-corrected chi connectivity index (χ4v) is 4.96. The Labute approximate surface area is 207 Å². The Morgan fingerprint density at radius 3 is 2.37 bits per heavy atom. The molecular formula is C29H33NO5. The van der Waals surface area contributed by atoms with Crippen molar-refractivity contribution in [2.24, 2.45) is 5.92 Å². The molecule has 1 N–H and O–H groups in total. The molecule has 0 spiro atoms. The van der Waals surface area contributed by atoms with Crippen molar-refractivity contribution >= 4 is 11.8 Å². The van der Waals surface area contributed by atoms with E-state index in [2.05, 4.69) is 17.4 Å². The summed E-state index contributed by atoms with van der Waals surface area (Å²) in [6.07, 6.45) is 1.09. The first-order valence-electron chi connectivity index (χ1n) is 12.0. The molecule has 1 aliphatic carbocycles. The monoisotopic (exact) mass is 475 g/mol. The number of allylic oxidation sites excluding steroid dienone is 3. The van der Waals surface area contributed by atoms with Crippen molar-refractivity contribution in [3.8, 4) is 11.5 Å². The largest absolute Gasteiger partial charge is 0.493 e. The lowest BCUT2D eigenvalue weighted by molar-refractivity contribution is -0.140. The molecule has 2 aliphatic rings. The van der Waals surface area contributed by atoms with Gasteiger partial charge in [-0.05, 0) is 48.4 Å². The summed E-state index contributed by atoms with van der Waals surface area (Å²) in [4.78, 5) is 27.0. The Morgan fingerprint density at radius 2 is 1.71 bits per heavy atom. The summed E-state index contributed by atoms with van der Waals surface area (Å²) >= 11 is 0. The van der Waals surface area contributed by atoms with Crippen LogP contribution in [0.4, 0.5) is 0 Å². The summed E-state index contributed by atoms with van der Waals surface area (Å²) in [5.74, 6) is 0.501. The normalized spacial score (nSPS) is 19.9. The fourth-order valence-electron chi connectivity index (χ4n) is 4.96. The third-order valence-corrected chi connectivity index (χ3v) is 6.61. The topological polar surface area (TPSA) is 73.9 Å². The number of rotatable bonds is 7. The van der Waals surface area contributed by atoms with Gasteiger partial charge in [0, 0.05) is 29.3 Å². The maximum atomic E-state index is 13.7. The predicted molar refractivity (Wildman–Crippen MR) is 134 cm³/mol. The van der Waals surface area contributed by atoms with Crippen LogP contribution in [-0.2, 0) is 14.3 Å². The number of ketones is 1. The molecule has 2 aromatic carbocycles. The van der Waals surface area contributed by atoms with Crippen LogP contribution in [0.3, 0.4) is 0 Å². The summed E-state index contributed by atoms with van der Waals surface area (Å²) in [6.45, 7) is 6.17. The van der Waals surface area contributed by atoms with Gasteiger partial charge in [-0.2, -0.15) is 0 Å². The molecule has 35 heavy (non-hydrogen) atoms. The number of dihydropyridines is 1. The molecule has 0 aromatic heterocycles. The number of esters is 1. The molecule has 4 rings (SSSR count). The lowest BCUT2D eigenvalue weighted by Gasteiger charge is -2.37.